The maximum atomic E-state index is 12.4. The predicted octanol–water partition coefficient (Wildman–Crippen LogP) is 4.60. The fourth-order valence-corrected chi connectivity index (χ4v) is 4.88. The molecule has 0 heterocycles. The topological polar surface area (TPSA) is 178 Å². The summed E-state index contributed by atoms with van der Waals surface area (Å²) in [6, 6.07) is 17.3. The van der Waals surface area contributed by atoms with Gasteiger partial charge in [0.1, 0.15) is 0 Å². The molecule has 4 amide bonds. The van der Waals surface area contributed by atoms with Gasteiger partial charge in [-0.15, -0.1) is 0 Å². The van der Waals surface area contributed by atoms with Crippen LogP contribution < -0.4 is 40.4 Å². The average molecular weight is 717 g/mol. The minimum Gasteiger partial charge on any atom is -0.493 e. The molecule has 0 fully saturated rings. The smallest absolute Gasteiger partial charge is 0.251 e. The second kappa shape index (κ2) is 22.7. The molecule has 3 aromatic rings. The summed E-state index contributed by atoms with van der Waals surface area (Å²) >= 11 is 0. The maximum absolute atomic E-state index is 12.4. The van der Waals surface area contributed by atoms with Gasteiger partial charge in [0.05, 0.1) is 40.9 Å². The molecule has 0 aliphatic rings. The van der Waals surface area contributed by atoms with Crippen molar-refractivity contribution in [2.75, 3.05) is 41.5 Å². The van der Waals surface area contributed by atoms with Crippen molar-refractivity contribution in [3.05, 3.63) is 82.9 Å². The summed E-state index contributed by atoms with van der Waals surface area (Å²) in [5.41, 5.74) is 7.59. The van der Waals surface area contributed by atoms with Crippen LogP contribution in [0.5, 0.6) is 23.0 Å². The van der Waals surface area contributed by atoms with Gasteiger partial charge in [-0.1, -0.05) is 37.1 Å². The second-order valence-electron chi connectivity index (χ2n) is 11.5. The zero-order valence-electron chi connectivity index (χ0n) is 30.2. The lowest BCUT2D eigenvalue weighted by Crippen LogP contribution is -2.24. The molecule has 0 aliphatic carbocycles. The van der Waals surface area contributed by atoms with Crippen molar-refractivity contribution in [1.29, 1.82) is 0 Å². The van der Waals surface area contributed by atoms with E-state index >= 15 is 0 Å². The number of nitrogens with zero attached hydrogens (tertiary/aromatic N) is 2. The second-order valence-corrected chi connectivity index (χ2v) is 11.5. The number of carbonyl (C=O) groups excluding carboxylic acids is 4. The summed E-state index contributed by atoms with van der Waals surface area (Å²) in [7, 11) is 6.11. The van der Waals surface area contributed by atoms with Crippen LogP contribution >= 0.6 is 0 Å². The number of hydrogen-bond acceptors (Lipinski definition) is 10. The monoisotopic (exact) mass is 716 g/mol. The van der Waals surface area contributed by atoms with E-state index in [9.17, 15) is 19.2 Å². The molecule has 0 spiro atoms. The fourth-order valence-electron chi connectivity index (χ4n) is 4.88. The van der Waals surface area contributed by atoms with Gasteiger partial charge in [-0.05, 0) is 73.2 Å². The number of hydrogen-bond donors (Lipinski definition) is 4. The van der Waals surface area contributed by atoms with Crippen LogP contribution in [0.2, 0.25) is 0 Å². The Kier molecular flexibility index (Phi) is 17.7. The van der Waals surface area contributed by atoms with E-state index in [0.717, 1.165) is 36.8 Å². The molecule has 0 bridgehead atoms. The molecule has 0 saturated heterocycles. The number of amides is 4. The highest BCUT2D eigenvalue weighted by molar-refractivity contribution is 5.95. The molecule has 4 N–H and O–H groups in total. The standard InChI is InChI=1S/C38H48N6O8/c1-49-31-19-17-29(23-33(31)51-3)37(47)39-21-9-5-7-11-35(45)43-41-25-27-13-15-28(16-14-27)26-42-44-36(46)12-8-6-10-22-40-38(48)30-18-20-32(50-2)34(24-30)52-4/h13-20,23-26H,5-12,21-22H2,1-4H3,(H,39,47)(H,40,48)(H,43,45)(H,44,46)/b41-25+,42-26+. The highest BCUT2D eigenvalue weighted by Gasteiger charge is 2.12. The van der Waals surface area contributed by atoms with Gasteiger partial charge in [0.15, 0.2) is 23.0 Å². The Morgan fingerprint density at radius 3 is 1.27 bits per heavy atom. The molecule has 0 aromatic heterocycles. The van der Waals surface area contributed by atoms with Crippen molar-refractivity contribution in [2.45, 2.75) is 51.4 Å². The third-order valence-corrected chi connectivity index (χ3v) is 7.77. The van der Waals surface area contributed by atoms with Crippen LogP contribution in [0.25, 0.3) is 0 Å². The first kappa shape index (κ1) is 40.5. The van der Waals surface area contributed by atoms with Crippen LogP contribution in [0.4, 0.5) is 0 Å². The Hall–Kier alpha value is -5.92. The lowest BCUT2D eigenvalue weighted by Gasteiger charge is -2.10. The zero-order chi connectivity index (χ0) is 37.6. The number of ether oxygens (including phenoxy) is 4. The molecule has 0 radical (unpaired) electrons. The van der Waals surface area contributed by atoms with E-state index in [0.29, 0.717) is 72.9 Å². The van der Waals surface area contributed by atoms with Crippen LogP contribution in [0.1, 0.15) is 83.2 Å². The number of unbranched alkanes of at least 4 members (excludes halogenated alkanes) is 4. The van der Waals surface area contributed by atoms with Gasteiger partial charge in [0.25, 0.3) is 11.8 Å². The van der Waals surface area contributed by atoms with Gasteiger partial charge >= 0.3 is 0 Å². The molecule has 14 nitrogen and oxygen atoms in total. The molecule has 0 aliphatic heterocycles. The Bertz CT molecular complexity index is 1550. The first-order valence-electron chi connectivity index (χ1n) is 17.0. The molecule has 14 heteroatoms. The highest BCUT2D eigenvalue weighted by atomic mass is 16.5. The molecular weight excluding hydrogens is 668 g/mol. The van der Waals surface area contributed by atoms with Crippen LogP contribution in [0, 0.1) is 0 Å². The predicted molar refractivity (Wildman–Crippen MR) is 199 cm³/mol. The summed E-state index contributed by atoms with van der Waals surface area (Å²) < 4.78 is 20.9. The molecule has 0 atom stereocenters. The normalized spacial score (nSPS) is 10.8. The maximum Gasteiger partial charge on any atom is 0.251 e. The summed E-state index contributed by atoms with van der Waals surface area (Å²) in [6.45, 7) is 0.988. The van der Waals surface area contributed by atoms with Gasteiger partial charge < -0.3 is 29.6 Å². The van der Waals surface area contributed by atoms with Gasteiger partial charge in [-0.3, -0.25) is 19.2 Å². The van der Waals surface area contributed by atoms with Crippen LogP contribution in [0.15, 0.2) is 70.9 Å². The van der Waals surface area contributed by atoms with Crippen molar-refractivity contribution in [1.82, 2.24) is 21.5 Å². The van der Waals surface area contributed by atoms with Gasteiger partial charge in [-0.2, -0.15) is 10.2 Å². The largest absolute Gasteiger partial charge is 0.493 e. The van der Waals surface area contributed by atoms with Crippen molar-refractivity contribution in [3.8, 4) is 23.0 Å². The summed E-state index contributed by atoms with van der Waals surface area (Å²) in [5.74, 6) is 1.30. The summed E-state index contributed by atoms with van der Waals surface area (Å²) in [4.78, 5) is 49.0. The number of benzene rings is 3. The van der Waals surface area contributed by atoms with E-state index in [1.807, 2.05) is 24.3 Å². The molecule has 0 saturated carbocycles. The molecule has 0 unspecified atom stereocenters. The first-order valence-corrected chi connectivity index (χ1v) is 17.0. The minimum atomic E-state index is -0.201. The molecule has 3 aromatic carbocycles. The SMILES string of the molecule is COc1ccc(C(=O)NCCCCCC(=O)N/N=C/c2ccc(/C=N/NC(=O)CCCCCNC(=O)c3ccc(OC)c(OC)c3)cc2)cc1OC. The number of carbonyl (C=O) groups is 4. The molecule has 278 valence electrons. The van der Waals surface area contributed by atoms with Crippen molar-refractivity contribution in [3.63, 3.8) is 0 Å². The lowest BCUT2D eigenvalue weighted by atomic mass is 10.1. The van der Waals surface area contributed by atoms with Crippen molar-refractivity contribution >= 4 is 36.1 Å². The minimum absolute atomic E-state index is 0.192. The van der Waals surface area contributed by atoms with Gasteiger partial charge in [0.2, 0.25) is 11.8 Å². The third-order valence-electron chi connectivity index (χ3n) is 7.77. The average Bonchev–Trinajstić information content (AvgIpc) is 3.17. The highest BCUT2D eigenvalue weighted by Crippen LogP contribution is 2.28. The van der Waals surface area contributed by atoms with Crippen molar-refractivity contribution in [2.24, 2.45) is 10.2 Å². The molecule has 52 heavy (non-hydrogen) atoms. The van der Waals surface area contributed by atoms with E-state index in [1.165, 1.54) is 28.4 Å². The first-order chi connectivity index (χ1) is 25.3. The van der Waals surface area contributed by atoms with Gasteiger partial charge in [0, 0.05) is 37.1 Å². The third kappa shape index (κ3) is 14.1. The van der Waals surface area contributed by atoms with E-state index in [4.69, 9.17) is 18.9 Å². The number of hydrazone groups is 2. The summed E-state index contributed by atoms with van der Waals surface area (Å²) in [6.07, 6.45) is 8.10. The quantitative estimate of drug-likeness (QED) is 0.0662. The number of nitrogens with one attached hydrogen (secondary N) is 4. The van der Waals surface area contributed by atoms with E-state index < -0.39 is 0 Å². The van der Waals surface area contributed by atoms with Crippen LogP contribution in [-0.4, -0.2) is 77.6 Å². The Morgan fingerprint density at radius 1 is 0.519 bits per heavy atom. The number of methoxy groups -OCH3 is 4. The Morgan fingerprint density at radius 2 is 0.904 bits per heavy atom. The summed E-state index contributed by atoms with van der Waals surface area (Å²) in [5, 5.41) is 13.8. The molecule has 3 rings (SSSR count). The fraction of sp³-hybridized carbons (Fsp3) is 0.368. The molecular formula is C38H48N6O8. The van der Waals surface area contributed by atoms with E-state index in [1.54, 1.807) is 48.8 Å². The van der Waals surface area contributed by atoms with E-state index in [2.05, 4.69) is 31.7 Å². The zero-order valence-corrected chi connectivity index (χ0v) is 30.2. The number of rotatable bonds is 22. The van der Waals surface area contributed by atoms with Crippen LogP contribution in [-0.2, 0) is 9.59 Å². The van der Waals surface area contributed by atoms with Crippen molar-refractivity contribution < 1.29 is 38.1 Å². The van der Waals surface area contributed by atoms with Crippen LogP contribution in [0.3, 0.4) is 0 Å². The van der Waals surface area contributed by atoms with E-state index in [-0.39, 0.29) is 23.6 Å². The lowest BCUT2D eigenvalue weighted by molar-refractivity contribution is -0.122. The van der Waals surface area contributed by atoms with Gasteiger partial charge in [-0.25, -0.2) is 10.9 Å². The Labute approximate surface area is 304 Å². The Balaban J connectivity index is 1.22.